The first-order chi connectivity index (χ1) is 18.2. The van der Waals surface area contributed by atoms with Gasteiger partial charge in [0.1, 0.15) is 17.5 Å². The fourth-order valence-electron chi connectivity index (χ4n) is 3.15. The third kappa shape index (κ3) is 7.65. The van der Waals surface area contributed by atoms with Crippen LogP contribution in [0.1, 0.15) is 22.8 Å². The van der Waals surface area contributed by atoms with E-state index >= 15 is 0 Å². The second kappa shape index (κ2) is 13.0. The predicted octanol–water partition coefficient (Wildman–Crippen LogP) is 5.25. The Morgan fingerprint density at radius 3 is 2.39 bits per heavy atom. The minimum Gasteiger partial charge on any atom is -0.490 e. The summed E-state index contributed by atoms with van der Waals surface area (Å²) < 4.78 is 24.7. The number of carboxylic acid groups (broad SMARTS) is 1. The number of benzene rings is 3. The standard InChI is InChI=1S/C27H21BrFN3O6/c1-2-37-23-12-17(10-18(14-30)26(34)32-21-5-3-4-16(11-21)27(35)36)22(28)13-24(23)38-15-25(33)31-20-8-6-19(29)7-9-20/h3-13H,2,15H2,1H3,(H,31,33)(H,32,34)(H,35,36)/b18-10-. The van der Waals surface area contributed by atoms with Crippen molar-refractivity contribution in [3.63, 3.8) is 0 Å². The lowest BCUT2D eigenvalue weighted by atomic mass is 10.1. The van der Waals surface area contributed by atoms with Crippen molar-refractivity contribution in [1.29, 1.82) is 5.26 Å². The summed E-state index contributed by atoms with van der Waals surface area (Å²) in [5, 5.41) is 23.8. The smallest absolute Gasteiger partial charge is 0.335 e. The molecule has 0 spiro atoms. The van der Waals surface area contributed by atoms with E-state index in [1.807, 2.05) is 6.07 Å². The van der Waals surface area contributed by atoms with Crippen molar-refractivity contribution in [1.82, 2.24) is 0 Å². The van der Waals surface area contributed by atoms with Crippen LogP contribution < -0.4 is 20.1 Å². The summed E-state index contributed by atoms with van der Waals surface area (Å²) in [7, 11) is 0. The largest absolute Gasteiger partial charge is 0.490 e. The third-order valence-corrected chi connectivity index (χ3v) is 5.57. The van der Waals surface area contributed by atoms with Crippen molar-refractivity contribution in [2.24, 2.45) is 0 Å². The van der Waals surface area contributed by atoms with Crippen molar-refractivity contribution < 1.29 is 33.4 Å². The Labute approximate surface area is 225 Å². The molecule has 3 aromatic rings. The van der Waals surface area contributed by atoms with Gasteiger partial charge in [-0.15, -0.1) is 0 Å². The van der Waals surface area contributed by atoms with Crippen LogP contribution in [0.25, 0.3) is 6.08 Å². The molecule has 0 aliphatic heterocycles. The van der Waals surface area contributed by atoms with E-state index in [1.165, 1.54) is 66.7 Å². The SMILES string of the molecule is CCOc1cc(/C=C(/C#N)C(=O)Nc2cccc(C(=O)O)c2)c(Br)cc1OCC(=O)Nc1ccc(F)cc1. The van der Waals surface area contributed by atoms with E-state index in [1.54, 1.807) is 6.92 Å². The first-order valence-electron chi connectivity index (χ1n) is 11.1. The second-order valence-corrected chi connectivity index (χ2v) is 8.46. The van der Waals surface area contributed by atoms with Gasteiger partial charge < -0.3 is 25.2 Å². The number of nitriles is 1. The van der Waals surface area contributed by atoms with Gasteiger partial charge in [0, 0.05) is 15.8 Å². The zero-order valence-corrected chi connectivity index (χ0v) is 21.5. The van der Waals surface area contributed by atoms with Crippen molar-refractivity contribution in [3.05, 3.63) is 87.7 Å². The van der Waals surface area contributed by atoms with E-state index in [4.69, 9.17) is 14.6 Å². The first kappa shape index (κ1) is 27.9. The lowest BCUT2D eigenvalue weighted by molar-refractivity contribution is -0.118. The Hall–Kier alpha value is -4.69. The molecule has 3 N–H and O–H groups in total. The maximum atomic E-state index is 13.0. The molecule has 0 atom stereocenters. The summed E-state index contributed by atoms with van der Waals surface area (Å²) in [6.07, 6.45) is 1.33. The Bertz CT molecular complexity index is 1430. The molecule has 0 heterocycles. The fourth-order valence-corrected chi connectivity index (χ4v) is 3.59. The normalized spacial score (nSPS) is 10.7. The van der Waals surface area contributed by atoms with Crippen molar-refractivity contribution in [2.45, 2.75) is 6.92 Å². The van der Waals surface area contributed by atoms with Gasteiger partial charge in [0.2, 0.25) is 0 Å². The third-order valence-electron chi connectivity index (χ3n) is 4.88. The Morgan fingerprint density at radius 2 is 1.74 bits per heavy atom. The molecule has 0 aliphatic carbocycles. The van der Waals surface area contributed by atoms with E-state index in [-0.39, 0.29) is 41.5 Å². The molecule has 11 heteroatoms. The molecule has 9 nitrogen and oxygen atoms in total. The van der Waals surface area contributed by atoms with E-state index in [9.17, 15) is 24.0 Å². The van der Waals surface area contributed by atoms with Crippen LogP contribution in [0.4, 0.5) is 15.8 Å². The van der Waals surface area contributed by atoms with Crippen LogP contribution in [0.2, 0.25) is 0 Å². The van der Waals surface area contributed by atoms with Crippen molar-refractivity contribution in [2.75, 3.05) is 23.8 Å². The van der Waals surface area contributed by atoms with Gasteiger partial charge in [0.05, 0.1) is 12.2 Å². The number of hydrogen-bond donors (Lipinski definition) is 3. The monoisotopic (exact) mass is 581 g/mol. The number of nitrogens with zero attached hydrogens (tertiary/aromatic N) is 1. The van der Waals surface area contributed by atoms with Gasteiger partial charge in [-0.3, -0.25) is 9.59 Å². The van der Waals surface area contributed by atoms with E-state index in [0.29, 0.717) is 15.7 Å². The number of anilines is 2. The first-order valence-corrected chi connectivity index (χ1v) is 11.9. The van der Waals surface area contributed by atoms with Gasteiger partial charge in [-0.05, 0) is 73.2 Å². The van der Waals surface area contributed by atoms with Crippen LogP contribution in [0.5, 0.6) is 11.5 Å². The highest BCUT2D eigenvalue weighted by molar-refractivity contribution is 9.10. The minimum absolute atomic E-state index is 0.0173. The topological polar surface area (TPSA) is 138 Å². The average Bonchev–Trinajstić information content (AvgIpc) is 2.89. The van der Waals surface area contributed by atoms with Gasteiger partial charge in [0.25, 0.3) is 11.8 Å². The lowest BCUT2D eigenvalue weighted by Crippen LogP contribution is -2.20. The molecule has 0 aromatic heterocycles. The van der Waals surface area contributed by atoms with Gasteiger partial charge in [-0.25, -0.2) is 9.18 Å². The lowest BCUT2D eigenvalue weighted by Gasteiger charge is -2.14. The molecule has 3 rings (SSSR count). The number of carboxylic acids is 1. The Kier molecular flexibility index (Phi) is 9.56. The quantitative estimate of drug-likeness (QED) is 0.219. The van der Waals surface area contributed by atoms with Gasteiger partial charge in [-0.1, -0.05) is 22.0 Å². The Balaban J connectivity index is 1.77. The number of hydrogen-bond acceptors (Lipinski definition) is 6. The number of halogens is 2. The maximum absolute atomic E-state index is 13.0. The summed E-state index contributed by atoms with van der Waals surface area (Å²) in [6, 6.07) is 15.8. The molecule has 3 aromatic carbocycles. The molecule has 0 unspecified atom stereocenters. The molecular formula is C27H21BrFN3O6. The molecule has 194 valence electrons. The minimum atomic E-state index is -1.15. The predicted molar refractivity (Wildman–Crippen MR) is 141 cm³/mol. The van der Waals surface area contributed by atoms with Crippen molar-refractivity contribution >= 4 is 51.2 Å². The summed E-state index contributed by atoms with van der Waals surface area (Å²) in [6.45, 7) is 1.66. The summed E-state index contributed by atoms with van der Waals surface area (Å²) in [5.41, 5.74) is 0.775. The number of carbonyl (C=O) groups excluding carboxylic acids is 2. The number of rotatable bonds is 10. The number of amides is 2. The summed E-state index contributed by atoms with van der Waals surface area (Å²) >= 11 is 3.38. The molecular weight excluding hydrogens is 561 g/mol. The molecule has 0 radical (unpaired) electrons. The van der Waals surface area contributed by atoms with E-state index in [2.05, 4.69) is 26.6 Å². The molecule has 0 saturated heterocycles. The highest BCUT2D eigenvalue weighted by Gasteiger charge is 2.16. The van der Waals surface area contributed by atoms with Crippen LogP contribution in [0.15, 0.2) is 70.7 Å². The molecule has 0 saturated carbocycles. The van der Waals surface area contributed by atoms with Crippen LogP contribution in [0.3, 0.4) is 0 Å². The molecule has 0 aliphatic rings. The van der Waals surface area contributed by atoms with Gasteiger partial charge in [0.15, 0.2) is 18.1 Å². The number of aromatic carboxylic acids is 1. The molecule has 0 bridgehead atoms. The van der Waals surface area contributed by atoms with E-state index < -0.39 is 23.6 Å². The maximum Gasteiger partial charge on any atom is 0.335 e. The van der Waals surface area contributed by atoms with Crippen LogP contribution in [-0.4, -0.2) is 36.1 Å². The Morgan fingerprint density at radius 1 is 1.03 bits per heavy atom. The summed E-state index contributed by atoms with van der Waals surface area (Å²) in [5.74, 6) is -2.29. The highest BCUT2D eigenvalue weighted by atomic mass is 79.9. The number of nitrogens with one attached hydrogen (secondary N) is 2. The van der Waals surface area contributed by atoms with E-state index in [0.717, 1.165) is 0 Å². The fraction of sp³-hybridized carbons (Fsp3) is 0.111. The molecule has 38 heavy (non-hydrogen) atoms. The van der Waals surface area contributed by atoms with Crippen LogP contribution in [0, 0.1) is 17.1 Å². The van der Waals surface area contributed by atoms with Crippen LogP contribution >= 0.6 is 15.9 Å². The zero-order chi connectivity index (χ0) is 27.7. The van der Waals surface area contributed by atoms with Crippen LogP contribution in [-0.2, 0) is 9.59 Å². The number of carbonyl (C=O) groups is 3. The summed E-state index contributed by atoms with van der Waals surface area (Å²) in [4.78, 5) is 36.1. The second-order valence-electron chi connectivity index (χ2n) is 7.61. The van der Waals surface area contributed by atoms with Gasteiger partial charge >= 0.3 is 5.97 Å². The highest BCUT2D eigenvalue weighted by Crippen LogP contribution is 2.35. The average molecular weight is 582 g/mol. The molecule has 2 amide bonds. The van der Waals surface area contributed by atoms with Crippen molar-refractivity contribution in [3.8, 4) is 17.6 Å². The van der Waals surface area contributed by atoms with Gasteiger partial charge in [-0.2, -0.15) is 5.26 Å². The molecule has 0 fully saturated rings. The number of ether oxygens (including phenoxy) is 2. The zero-order valence-electron chi connectivity index (χ0n) is 20.0.